The summed E-state index contributed by atoms with van der Waals surface area (Å²) in [5, 5.41) is 24.4. The molecule has 1 aliphatic rings. The van der Waals surface area contributed by atoms with Gasteiger partial charge in [-0.3, -0.25) is 0 Å². The number of hydrogen-bond donors (Lipinski definition) is 0. The molecular formula is C18H21N4O2S2-. The van der Waals surface area contributed by atoms with Crippen LogP contribution in [0.4, 0.5) is 0 Å². The molecule has 0 radical (unpaired) electrons. The van der Waals surface area contributed by atoms with E-state index < -0.39 is 5.97 Å². The monoisotopic (exact) mass is 389 g/mol. The second-order valence-corrected chi connectivity index (χ2v) is 7.99. The first-order valence-electron chi connectivity index (χ1n) is 8.63. The van der Waals surface area contributed by atoms with Gasteiger partial charge in [-0.15, -0.1) is 22.0 Å². The fourth-order valence-corrected chi connectivity index (χ4v) is 4.05. The standard InChI is InChI=1S/C18H22N4O2S2/c1-25-15-9-7-13(8-10-15)11-19-22-17(14-5-3-2-4-6-14)20-21-18(22)26-12-16(23)24/h7-11,14H,2-6,12H2,1H3,(H,23,24)/p-1/b19-11-. The van der Waals surface area contributed by atoms with Crippen molar-refractivity contribution in [1.82, 2.24) is 14.9 Å². The summed E-state index contributed by atoms with van der Waals surface area (Å²) in [5.74, 6) is -0.145. The van der Waals surface area contributed by atoms with Crippen LogP contribution in [-0.2, 0) is 4.79 Å². The molecule has 1 saturated carbocycles. The number of aromatic nitrogens is 3. The third-order valence-electron chi connectivity index (χ3n) is 4.36. The van der Waals surface area contributed by atoms with E-state index in [-0.39, 0.29) is 5.75 Å². The molecule has 2 aromatic rings. The first kappa shape index (κ1) is 19.0. The smallest absolute Gasteiger partial charge is 0.212 e. The third-order valence-corrected chi connectivity index (χ3v) is 6.00. The molecule has 0 aliphatic heterocycles. The van der Waals surface area contributed by atoms with Gasteiger partial charge < -0.3 is 9.90 Å². The maximum atomic E-state index is 10.8. The van der Waals surface area contributed by atoms with Crippen LogP contribution >= 0.6 is 23.5 Å². The summed E-state index contributed by atoms with van der Waals surface area (Å²) in [7, 11) is 0. The van der Waals surface area contributed by atoms with Gasteiger partial charge in [0.05, 0.1) is 12.2 Å². The van der Waals surface area contributed by atoms with Gasteiger partial charge in [0.15, 0.2) is 5.82 Å². The topological polar surface area (TPSA) is 83.2 Å². The fraction of sp³-hybridized carbons (Fsp3) is 0.444. The molecule has 1 heterocycles. The number of carboxylic acid groups (broad SMARTS) is 1. The van der Waals surface area contributed by atoms with Crippen molar-refractivity contribution in [2.75, 3.05) is 12.0 Å². The normalized spacial score (nSPS) is 15.6. The van der Waals surface area contributed by atoms with Crippen molar-refractivity contribution in [3.05, 3.63) is 35.7 Å². The average Bonchev–Trinajstić information content (AvgIpc) is 3.08. The summed E-state index contributed by atoms with van der Waals surface area (Å²) in [4.78, 5) is 12.0. The van der Waals surface area contributed by atoms with Gasteiger partial charge in [0.2, 0.25) is 5.16 Å². The van der Waals surface area contributed by atoms with Crippen LogP contribution in [0.3, 0.4) is 0 Å². The molecule has 1 aliphatic carbocycles. The Balaban J connectivity index is 1.86. The van der Waals surface area contributed by atoms with Gasteiger partial charge in [-0.2, -0.15) is 9.78 Å². The largest absolute Gasteiger partial charge is 0.549 e. The molecule has 0 spiro atoms. The van der Waals surface area contributed by atoms with Crippen LogP contribution in [-0.4, -0.2) is 39.1 Å². The minimum absolute atomic E-state index is 0.166. The quantitative estimate of drug-likeness (QED) is 0.535. The predicted molar refractivity (Wildman–Crippen MR) is 103 cm³/mol. The molecule has 1 aromatic heterocycles. The minimum Gasteiger partial charge on any atom is -0.549 e. The zero-order chi connectivity index (χ0) is 18.4. The number of thioether (sulfide) groups is 2. The maximum absolute atomic E-state index is 10.8. The summed E-state index contributed by atoms with van der Waals surface area (Å²) in [5.41, 5.74) is 0.974. The van der Waals surface area contributed by atoms with Gasteiger partial charge in [-0.25, -0.2) is 0 Å². The van der Waals surface area contributed by atoms with Gasteiger partial charge in [0, 0.05) is 16.6 Å². The summed E-state index contributed by atoms with van der Waals surface area (Å²) in [6.07, 6.45) is 9.56. The zero-order valence-electron chi connectivity index (χ0n) is 14.6. The average molecular weight is 390 g/mol. The first-order chi connectivity index (χ1) is 12.7. The lowest BCUT2D eigenvalue weighted by atomic mass is 9.89. The molecular weight excluding hydrogens is 368 g/mol. The third kappa shape index (κ3) is 4.88. The number of hydrogen-bond acceptors (Lipinski definition) is 7. The number of carbonyl (C=O) groups excluding carboxylic acids is 1. The fourth-order valence-electron chi connectivity index (χ4n) is 3.03. The van der Waals surface area contributed by atoms with Crippen LogP contribution in [0.2, 0.25) is 0 Å². The number of carboxylic acids is 1. The van der Waals surface area contributed by atoms with Crippen molar-refractivity contribution in [3.63, 3.8) is 0 Å². The summed E-state index contributed by atoms with van der Waals surface area (Å²) >= 11 is 2.78. The predicted octanol–water partition coefficient (Wildman–Crippen LogP) is 2.77. The highest BCUT2D eigenvalue weighted by molar-refractivity contribution is 7.99. The highest BCUT2D eigenvalue weighted by atomic mass is 32.2. The van der Waals surface area contributed by atoms with Crippen LogP contribution in [0, 0.1) is 0 Å². The van der Waals surface area contributed by atoms with E-state index in [4.69, 9.17) is 0 Å². The zero-order valence-corrected chi connectivity index (χ0v) is 16.3. The van der Waals surface area contributed by atoms with Crippen molar-refractivity contribution in [2.24, 2.45) is 5.10 Å². The molecule has 138 valence electrons. The molecule has 26 heavy (non-hydrogen) atoms. The lowest BCUT2D eigenvalue weighted by molar-refractivity contribution is -0.301. The molecule has 0 amide bonds. The molecule has 0 N–H and O–H groups in total. The van der Waals surface area contributed by atoms with Crippen molar-refractivity contribution in [3.8, 4) is 0 Å². The number of rotatable bonds is 7. The van der Waals surface area contributed by atoms with Crippen LogP contribution in [0.5, 0.6) is 0 Å². The van der Waals surface area contributed by atoms with E-state index in [9.17, 15) is 9.90 Å². The SMILES string of the molecule is CSc1ccc(/C=N\n2c(SCC(=O)[O-])nnc2C2CCCCC2)cc1. The minimum atomic E-state index is -1.12. The number of nitrogens with zero attached hydrogens (tertiary/aromatic N) is 4. The van der Waals surface area contributed by atoms with E-state index in [1.54, 1.807) is 22.7 Å². The van der Waals surface area contributed by atoms with Crippen molar-refractivity contribution < 1.29 is 9.90 Å². The molecule has 8 heteroatoms. The van der Waals surface area contributed by atoms with E-state index in [1.165, 1.54) is 24.2 Å². The molecule has 3 rings (SSSR count). The summed E-state index contributed by atoms with van der Waals surface area (Å²) in [6, 6.07) is 8.11. The molecule has 0 atom stereocenters. The highest BCUT2D eigenvalue weighted by Gasteiger charge is 2.23. The first-order valence-corrected chi connectivity index (χ1v) is 10.8. The van der Waals surface area contributed by atoms with E-state index in [0.717, 1.165) is 36.0 Å². The number of benzene rings is 1. The van der Waals surface area contributed by atoms with Crippen molar-refractivity contribution in [1.29, 1.82) is 0 Å². The van der Waals surface area contributed by atoms with Crippen LogP contribution in [0.1, 0.15) is 49.4 Å². The summed E-state index contributed by atoms with van der Waals surface area (Å²) < 4.78 is 1.70. The van der Waals surface area contributed by atoms with E-state index >= 15 is 0 Å². The van der Waals surface area contributed by atoms with Gasteiger partial charge >= 0.3 is 0 Å². The van der Waals surface area contributed by atoms with Gasteiger partial charge in [-0.05, 0) is 36.8 Å². The van der Waals surface area contributed by atoms with Crippen LogP contribution in [0.15, 0.2) is 39.4 Å². The molecule has 0 unspecified atom stereocenters. The van der Waals surface area contributed by atoms with Crippen LogP contribution in [0.25, 0.3) is 0 Å². The summed E-state index contributed by atoms with van der Waals surface area (Å²) in [6.45, 7) is 0. The number of aliphatic carboxylic acids is 1. The molecule has 6 nitrogen and oxygen atoms in total. The molecule has 1 aromatic carbocycles. The molecule has 0 saturated heterocycles. The van der Waals surface area contributed by atoms with E-state index in [1.807, 2.05) is 30.5 Å². The van der Waals surface area contributed by atoms with Crippen molar-refractivity contribution in [2.45, 2.75) is 48.1 Å². The molecule has 1 fully saturated rings. The van der Waals surface area contributed by atoms with E-state index in [2.05, 4.69) is 15.3 Å². The van der Waals surface area contributed by atoms with E-state index in [0.29, 0.717) is 11.1 Å². The Labute approximate surface area is 161 Å². The Morgan fingerprint density at radius 1 is 1.27 bits per heavy atom. The number of carbonyl (C=O) groups is 1. The van der Waals surface area contributed by atoms with Gasteiger partial charge in [0.1, 0.15) is 0 Å². The lowest BCUT2D eigenvalue weighted by Crippen LogP contribution is -2.24. The van der Waals surface area contributed by atoms with Gasteiger partial charge in [0.25, 0.3) is 0 Å². The highest BCUT2D eigenvalue weighted by Crippen LogP contribution is 2.33. The Morgan fingerprint density at radius 3 is 2.65 bits per heavy atom. The Bertz CT molecular complexity index is 768. The van der Waals surface area contributed by atoms with Gasteiger partial charge in [-0.1, -0.05) is 43.2 Å². The second kappa shape index (κ2) is 9.23. The second-order valence-electron chi connectivity index (χ2n) is 6.17. The Hall–Kier alpha value is -1.80. The molecule has 0 bridgehead atoms. The van der Waals surface area contributed by atoms with Crippen molar-refractivity contribution >= 4 is 35.7 Å². The Morgan fingerprint density at radius 2 is 2.00 bits per heavy atom. The van der Waals surface area contributed by atoms with Crippen LogP contribution < -0.4 is 5.11 Å². The lowest BCUT2D eigenvalue weighted by Gasteiger charge is -2.20. The Kier molecular flexibility index (Phi) is 6.73. The maximum Gasteiger partial charge on any atom is 0.212 e.